The van der Waals surface area contributed by atoms with Gasteiger partial charge in [0.25, 0.3) is 0 Å². The third-order valence-corrected chi connectivity index (χ3v) is 3.68. The summed E-state index contributed by atoms with van der Waals surface area (Å²) < 4.78 is 5.16. The molecule has 7 nitrogen and oxygen atoms in total. The van der Waals surface area contributed by atoms with Crippen LogP contribution in [0.4, 0.5) is 4.79 Å². The third-order valence-electron chi connectivity index (χ3n) is 3.68. The number of benzene rings is 1. The van der Waals surface area contributed by atoms with Crippen molar-refractivity contribution in [3.63, 3.8) is 0 Å². The van der Waals surface area contributed by atoms with Crippen LogP contribution in [0.15, 0.2) is 47.2 Å². The zero-order chi connectivity index (χ0) is 20.2. The second kappa shape index (κ2) is 11.6. The number of Topliss-reactive ketones (excluding diaryl/α,β-unsaturated/α-hetero) is 1. The maximum Gasteiger partial charge on any atom is 0.408 e. The summed E-state index contributed by atoms with van der Waals surface area (Å²) in [5.41, 5.74) is 1.68. The lowest BCUT2D eigenvalue weighted by molar-refractivity contribution is -0.122. The van der Waals surface area contributed by atoms with Crippen molar-refractivity contribution >= 4 is 23.5 Å². The molecule has 1 atom stereocenters. The molecule has 0 bridgehead atoms. The summed E-state index contributed by atoms with van der Waals surface area (Å²) in [6.07, 6.45) is 1.93. The highest BCUT2D eigenvalue weighted by Gasteiger charge is 2.20. The molecular weight excluding hydrogens is 346 g/mol. The highest BCUT2D eigenvalue weighted by Crippen LogP contribution is 2.03. The van der Waals surface area contributed by atoms with Crippen molar-refractivity contribution in [3.8, 4) is 0 Å². The first kappa shape index (κ1) is 22.1. The molecule has 2 amide bonds. The van der Waals surface area contributed by atoms with Gasteiger partial charge in [-0.15, -0.1) is 0 Å². The van der Waals surface area contributed by atoms with E-state index in [1.54, 1.807) is 13.8 Å². The fourth-order valence-electron chi connectivity index (χ4n) is 2.06. The van der Waals surface area contributed by atoms with Crippen LogP contribution in [0.3, 0.4) is 0 Å². The van der Waals surface area contributed by atoms with E-state index in [-0.39, 0.29) is 18.3 Å². The second-order valence-electron chi connectivity index (χ2n) is 6.12. The molecule has 1 unspecified atom stereocenters. The predicted molar refractivity (Wildman–Crippen MR) is 104 cm³/mol. The lowest BCUT2D eigenvalue weighted by Gasteiger charge is -2.17. The van der Waals surface area contributed by atoms with E-state index in [4.69, 9.17) is 4.74 Å². The number of rotatable bonds is 9. The van der Waals surface area contributed by atoms with Crippen molar-refractivity contribution in [2.24, 2.45) is 4.99 Å². The van der Waals surface area contributed by atoms with E-state index < -0.39 is 12.1 Å². The van der Waals surface area contributed by atoms with Crippen LogP contribution in [0.25, 0.3) is 0 Å². The monoisotopic (exact) mass is 373 g/mol. The summed E-state index contributed by atoms with van der Waals surface area (Å²) in [4.78, 5) is 39.5. The summed E-state index contributed by atoms with van der Waals surface area (Å²) in [7, 11) is 0. The molecule has 0 aliphatic heterocycles. The number of ketones is 1. The average molecular weight is 373 g/mol. The Labute approximate surface area is 159 Å². The number of nitrogens with zero attached hydrogens (tertiary/aromatic N) is 1. The normalized spacial score (nSPS) is 12.9. The Morgan fingerprint density at radius 3 is 2.41 bits per heavy atom. The van der Waals surface area contributed by atoms with E-state index >= 15 is 0 Å². The van der Waals surface area contributed by atoms with E-state index in [1.807, 2.05) is 37.3 Å². The van der Waals surface area contributed by atoms with E-state index in [2.05, 4.69) is 15.6 Å². The summed E-state index contributed by atoms with van der Waals surface area (Å²) in [5.74, 6) is -0.505. The topological polar surface area (TPSA) is 96.9 Å². The van der Waals surface area contributed by atoms with Crippen LogP contribution in [0.5, 0.6) is 0 Å². The van der Waals surface area contributed by atoms with Crippen molar-refractivity contribution in [2.45, 2.75) is 53.2 Å². The quantitative estimate of drug-likeness (QED) is 0.650. The van der Waals surface area contributed by atoms with Gasteiger partial charge in [0.1, 0.15) is 12.6 Å². The number of amides is 2. The van der Waals surface area contributed by atoms with Gasteiger partial charge in [-0.2, -0.15) is 0 Å². The summed E-state index contributed by atoms with van der Waals surface area (Å²) in [5, 5.41) is 5.26. The summed E-state index contributed by atoms with van der Waals surface area (Å²) in [6.45, 7) is 6.72. The molecule has 1 aromatic rings. The van der Waals surface area contributed by atoms with Gasteiger partial charge in [0.05, 0.1) is 5.71 Å². The van der Waals surface area contributed by atoms with Crippen molar-refractivity contribution < 1.29 is 19.1 Å². The lowest BCUT2D eigenvalue weighted by Crippen LogP contribution is -2.46. The molecule has 0 aliphatic carbocycles. The molecule has 1 aromatic carbocycles. The maximum atomic E-state index is 12.4. The van der Waals surface area contributed by atoms with E-state index in [1.165, 1.54) is 13.1 Å². The van der Waals surface area contributed by atoms with Crippen LogP contribution in [0.1, 0.15) is 46.1 Å². The van der Waals surface area contributed by atoms with Gasteiger partial charge in [-0.1, -0.05) is 43.7 Å². The van der Waals surface area contributed by atoms with E-state index in [0.29, 0.717) is 24.3 Å². The Morgan fingerprint density at radius 2 is 1.81 bits per heavy atom. The van der Waals surface area contributed by atoms with Gasteiger partial charge >= 0.3 is 6.09 Å². The molecule has 2 N–H and O–H groups in total. The Morgan fingerprint density at radius 1 is 1.15 bits per heavy atom. The van der Waals surface area contributed by atoms with Crippen molar-refractivity contribution in [1.29, 1.82) is 0 Å². The van der Waals surface area contributed by atoms with Crippen molar-refractivity contribution in [3.05, 3.63) is 47.8 Å². The molecule has 146 valence electrons. The molecule has 0 saturated carbocycles. The fourth-order valence-corrected chi connectivity index (χ4v) is 2.06. The smallest absolute Gasteiger partial charge is 0.408 e. The molecule has 0 aliphatic rings. The number of hydrogen-bond acceptors (Lipinski definition) is 5. The zero-order valence-electron chi connectivity index (χ0n) is 16.2. The highest BCUT2D eigenvalue weighted by molar-refractivity contribution is 6.38. The highest BCUT2D eigenvalue weighted by atomic mass is 16.5. The first-order valence-corrected chi connectivity index (χ1v) is 8.83. The van der Waals surface area contributed by atoms with Crippen LogP contribution in [0.2, 0.25) is 0 Å². The molecule has 0 saturated heterocycles. The molecule has 1 rings (SSSR count). The Hall–Kier alpha value is -2.96. The summed E-state index contributed by atoms with van der Waals surface area (Å²) in [6, 6.07) is 8.57. The predicted octanol–water partition coefficient (Wildman–Crippen LogP) is 3.11. The van der Waals surface area contributed by atoms with Crippen LogP contribution in [-0.4, -0.2) is 29.5 Å². The largest absolute Gasteiger partial charge is 0.445 e. The average Bonchev–Trinajstić information content (AvgIpc) is 2.64. The van der Waals surface area contributed by atoms with Gasteiger partial charge in [-0.3, -0.25) is 14.6 Å². The van der Waals surface area contributed by atoms with Crippen molar-refractivity contribution in [1.82, 2.24) is 10.6 Å². The molecular formula is C20H27N3O4. The molecule has 0 heterocycles. The van der Waals surface area contributed by atoms with Crippen LogP contribution >= 0.6 is 0 Å². The Balaban J connectivity index is 2.61. The second-order valence-corrected chi connectivity index (χ2v) is 6.12. The van der Waals surface area contributed by atoms with Gasteiger partial charge < -0.3 is 15.4 Å². The number of hydrogen-bond donors (Lipinski definition) is 2. The number of carbonyl (C=O) groups is 3. The van der Waals surface area contributed by atoms with Crippen LogP contribution < -0.4 is 10.6 Å². The maximum absolute atomic E-state index is 12.4. The van der Waals surface area contributed by atoms with Crippen LogP contribution in [0, 0.1) is 0 Å². The van der Waals surface area contributed by atoms with Crippen LogP contribution in [-0.2, 0) is 20.9 Å². The van der Waals surface area contributed by atoms with Gasteiger partial charge in [-0.25, -0.2) is 4.79 Å². The standard InChI is InChI=1S/C20H27N3O4/c1-5-9-18(19(25)22-14(2)12-21-15(3)16(4)24)23-20(26)27-13-17-10-7-6-8-11-17/h6-8,10-12,18H,5,9,13H2,1-4H3,(H,22,25)(H,23,26)/b14-12+,21-15?. The minimum Gasteiger partial charge on any atom is -0.445 e. The SMILES string of the molecule is CCCC(NC(=O)OCc1ccccc1)C(=O)N/C(C)=C/N=C(C)C(C)=O. The first-order chi connectivity index (χ1) is 12.8. The minimum absolute atomic E-state index is 0.130. The van der Waals surface area contributed by atoms with Gasteiger partial charge in [0, 0.05) is 18.8 Å². The zero-order valence-corrected chi connectivity index (χ0v) is 16.2. The van der Waals surface area contributed by atoms with Crippen molar-refractivity contribution in [2.75, 3.05) is 0 Å². The lowest BCUT2D eigenvalue weighted by atomic mass is 10.1. The fraction of sp³-hybridized carbons (Fsp3) is 0.400. The number of carbonyl (C=O) groups excluding carboxylic acids is 3. The third kappa shape index (κ3) is 8.80. The first-order valence-electron chi connectivity index (χ1n) is 8.83. The summed E-state index contributed by atoms with van der Waals surface area (Å²) >= 11 is 0. The van der Waals surface area contributed by atoms with E-state index in [0.717, 1.165) is 5.56 Å². The molecule has 0 radical (unpaired) electrons. The number of allylic oxidation sites excluding steroid dienone is 1. The number of ether oxygens (including phenoxy) is 1. The number of nitrogens with one attached hydrogen (secondary N) is 2. The molecule has 0 aromatic heterocycles. The number of alkyl carbamates (subject to hydrolysis) is 1. The van der Waals surface area contributed by atoms with E-state index in [9.17, 15) is 14.4 Å². The Bertz CT molecular complexity index is 711. The van der Waals surface area contributed by atoms with Gasteiger partial charge in [0.2, 0.25) is 5.91 Å². The molecule has 0 spiro atoms. The molecule has 27 heavy (non-hydrogen) atoms. The van der Waals surface area contributed by atoms with Gasteiger partial charge in [0.15, 0.2) is 5.78 Å². The van der Waals surface area contributed by atoms with Gasteiger partial charge in [-0.05, 0) is 25.8 Å². The molecule has 7 heteroatoms. The minimum atomic E-state index is -0.723. The molecule has 0 fully saturated rings. The Kier molecular flexibility index (Phi) is 9.50. The number of aliphatic imine (C=N–C) groups is 1.